The molecule has 55 heavy (non-hydrogen) atoms. The van der Waals surface area contributed by atoms with Crippen molar-refractivity contribution in [2.75, 3.05) is 31.6 Å². The average Bonchev–Trinajstić information content (AvgIpc) is 3.19. The third-order valence-electron chi connectivity index (χ3n) is 11.3. The first-order valence-corrected chi connectivity index (χ1v) is 25.2. The lowest BCUT2D eigenvalue weighted by atomic mass is 9.95. The molecule has 0 aliphatic carbocycles. The number of carbonyl (C=O) groups excluding carboxylic acids is 3. The molecule has 0 N–H and O–H groups in total. The van der Waals surface area contributed by atoms with Gasteiger partial charge in [-0.25, -0.2) is 0 Å². The maximum Gasteiger partial charge on any atom is 0.305 e. The van der Waals surface area contributed by atoms with Crippen LogP contribution in [0.3, 0.4) is 0 Å². The lowest BCUT2D eigenvalue weighted by molar-refractivity contribution is -0.146. The first-order chi connectivity index (χ1) is 26.9. The number of hydrogen-bond donors (Lipinski definition) is 0. The van der Waals surface area contributed by atoms with E-state index in [0.717, 1.165) is 63.4 Å². The largest absolute Gasteiger partial charge is 0.465 e. The molecule has 0 saturated heterocycles. The molecule has 2 unspecified atom stereocenters. The molecule has 0 aromatic rings. The van der Waals surface area contributed by atoms with Gasteiger partial charge in [-0.05, 0) is 69.6 Å². The molecule has 2 atom stereocenters. The number of ether oxygens (including phenoxy) is 2. The molecular formula is C48H92BrNO5. The topological polar surface area (TPSA) is 72.9 Å². The third kappa shape index (κ3) is 36.9. The molecule has 7 heteroatoms. The van der Waals surface area contributed by atoms with Crippen molar-refractivity contribution in [3.63, 3.8) is 0 Å². The molecule has 0 aliphatic rings. The smallest absolute Gasteiger partial charge is 0.305 e. The second-order valence-corrected chi connectivity index (χ2v) is 17.5. The number of nitrogens with zero attached hydrogens (tertiary/aromatic N) is 1. The van der Waals surface area contributed by atoms with Gasteiger partial charge in [-0.1, -0.05) is 185 Å². The summed E-state index contributed by atoms with van der Waals surface area (Å²) in [6, 6.07) is 0. The Morgan fingerprint density at radius 1 is 0.418 bits per heavy atom. The van der Waals surface area contributed by atoms with E-state index in [2.05, 4.69) is 43.6 Å². The van der Waals surface area contributed by atoms with Gasteiger partial charge in [-0.15, -0.1) is 0 Å². The lowest BCUT2D eigenvalue weighted by Crippen LogP contribution is -2.33. The standard InChI is InChI=1S/C48H92BrNO5/c1-5-9-13-17-19-25-34-44(32-23-15-11-7-3)42-54-47(52)37-27-21-29-40-50(46(51)36-31-39-49)41-30-22-28-38-48(53)55-43-45(33-24-16-12-8-4)35-26-20-18-14-10-6-2/h44-45H,5-43H2,1-4H3. The SMILES string of the molecule is CCCCCCCCC(CCCCCC)COC(=O)CCCCCN(CCCCCC(=O)OCC(CCCCCC)CCCCCCCC)C(=O)CCCBr. The molecule has 0 radical (unpaired) electrons. The van der Waals surface area contributed by atoms with E-state index in [9.17, 15) is 14.4 Å². The highest BCUT2D eigenvalue weighted by molar-refractivity contribution is 9.09. The number of esters is 2. The molecule has 0 aliphatic heterocycles. The first kappa shape index (κ1) is 53.9. The highest BCUT2D eigenvalue weighted by atomic mass is 79.9. The second kappa shape index (κ2) is 42.5. The zero-order chi connectivity index (χ0) is 40.5. The molecule has 0 bridgehead atoms. The minimum Gasteiger partial charge on any atom is -0.465 e. The van der Waals surface area contributed by atoms with Gasteiger partial charge < -0.3 is 14.4 Å². The van der Waals surface area contributed by atoms with Crippen molar-refractivity contribution in [3.05, 3.63) is 0 Å². The van der Waals surface area contributed by atoms with E-state index < -0.39 is 0 Å². The number of alkyl halides is 1. The molecule has 1 amide bonds. The zero-order valence-electron chi connectivity index (χ0n) is 37.1. The Bertz CT molecular complexity index is 796. The van der Waals surface area contributed by atoms with Crippen molar-refractivity contribution in [1.82, 2.24) is 4.90 Å². The van der Waals surface area contributed by atoms with Crippen molar-refractivity contribution in [3.8, 4) is 0 Å². The normalized spacial score (nSPS) is 12.5. The minimum atomic E-state index is -0.0643. The number of halogens is 1. The van der Waals surface area contributed by atoms with Gasteiger partial charge in [0.05, 0.1) is 13.2 Å². The molecule has 0 aromatic carbocycles. The number of rotatable bonds is 43. The Kier molecular flexibility index (Phi) is 41.6. The Morgan fingerprint density at radius 3 is 1.11 bits per heavy atom. The van der Waals surface area contributed by atoms with Crippen LogP contribution in [0, 0.1) is 11.8 Å². The Balaban J connectivity index is 4.51. The van der Waals surface area contributed by atoms with Crippen LogP contribution >= 0.6 is 15.9 Å². The van der Waals surface area contributed by atoms with Crippen LogP contribution in [0.4, 0.5) is 0 Å². The van der Waals surface area contributed by atoms with E-state index in [0.29, 0.717) is 44.3 Å². The van der Waals surface area contributed by atoms with Gasteiger partial charge in [-0.3, -0.25) is 14.4 Å². The maximum atomic E-state index is 13.0. The predicted octanol–water partition coefficient (Wildman–Crippen LogP) is 14.9. The van der Waals surface area contributed by atoms with Crippen LogP contribution in [-0.2, 0) is 23.9 Å². The third-order valence-corrected chi connectivity index (χ3v) is 11.9. The fourth-order valence-electron chi connectivity index (χ4n) is 7.57. The van der Waals surface area contributed by atoms with E-state index in [1.165, 1.54) is 154 Å². The first-order valence-electron chi connectivity index (χ1n) is 24.1. The van der Waals surface area contributed by atoms with Crippen LogP contribution in [0.15, 0.2) is 0 Å². The van der Waals surface area contributed by atoms with Crippen LogP contribution in [-0.4, -0.2) is 54.4 Å². The van der Waals surface area contributed by atoms with Gasteiger partial charge in [0.1, 0.15) is 0 Å². The quantitative estimate of drug-likeness (QED) is 0.0347. The van der Waals surface area contributed by atoms with Gasteiger partial charge in [-0.2, -0.15) is 0 Å². The molecule has 0 spiro atoms. The molecule has 0 rings (SSSR count). The summed E-state index contributed by atoms with van der Waals surface area (Å²) in [6.07, 6.45) is 38.0. The Morgan fingerprint density at radius 2 is 0.745 bits per heavy atom. The van der Waals surface area contributed by atoms with E-state index >= 15 is 0 Å². The fourth-order valence-corrected chi connectivity index (χ4v) is 7.85. The van der Waals surface area contributed by atoms with Crippen LogP contribution in [0.1, 0.15) is 246 Å². The number of amides is 1. The van der Waals surface area contributed by atoms with E-state index in [1.807, 2.05) is 4.90 Å². The highest BCUT2D eigenvalue weighted by Crippen LogP contribution is 2.21. The van der Waals surface area contributed by atoms with E-state index in [-0.39, 0.29) is 17.8 Å². The van der Waals surface area contributed by atoms with Crippen molar-refractivity contribution in [1.29, 1.82) is 0 Å². The second-order valence-electron chi connectivity index (χ2n) is 16.7. The zero-order valence-corrected chi connectivity index (χ0v) is 38.7. The number of carbonyl (C=O) groups is 3. The van der Waals surface area contributed by atoms with Crippen molar-refractivity contribution in [2.45, 2.75) is 246 Å². The van der Waals surface area contributed by atoms with Gasteiger partial charge in [0.2, 0.25) is 5.91 Å². The minimum absolute atomic E-state index is 0.0643. The van der Waals surface area contributed by atoms with Crippen molar-refractivity contribution >= 4 is 33.8 Å². The van der Waals surface area contributed by atoms with Crippen molar-refractivity contribution < 1.29 is 23.9 Å². The molecule has 6 nitrogen and oxygen atoms in total. The summed E-state index contributed by atoms with van der Waals surface area (Å²) >= 11 is 3.47. The predicted molar refractivity (Wildman–Crippen MR) is 239 cm³/mol. The summed E-state index contributed by atoms with van der Waals surface area (Å²) in [6.45, 7) is 11.6. The summed E-state index contributed by atoms with van der Waals surface area (Å²) in [5.74, 6) is 1.07. The summed E-state index contributed by atoms with van der Waals surface area (Å²) in [5, 5.41) is 0.827. The molecule has 326 valence electrons. The monoisotopic (exact) mass is 842 g/mol. The number of hydrogen-bond acceptors (Lipinski definition) is 5. The Hall–Kier alpha value is -1.11. The van der Waals surface area contributed by atoms with Crippen LogP contribution in [0.25, 0.3) is 0 Å². The van der Waals surface area contributed by atoms with Gasteiger partial charge in [0.25, 0.3) is 0 Å². The van der Waals surface area contributed by atoms with Gasteiger partial charge in [0.15, 0.2) is 0 Å². The number of unbranched alkanes of at least 4 members (excludes halogenated alkanes) is 20. The van der Waals surface area contributed by atoms with Crippen LogP contribution < -0.4 is 0 Å². The van der Waals surface area contributed by atoms with Crippen LogP contribution in [0.5, 0.6) is 0 Å². The van der Waals surface area contributed by atoms with E-state index in [1.54, 1.807) is 0 Å². The van der Waals surface area contributed by atoms with Crippen molar-refractivity contribution in [2.24, 2.45) is 11.8 Å². The average molecular weight is 843 g/mol. The van der Waals surface area contributed by atoms with Gasteiger partial charge in [0, 0.05) is 37.7 Å². The van der Waals surface area contributed by atoms with Crippen LogP contribution in [0.2, 0.25) is 0 Å². The molecule has 0 saturated carbocycles. The summed E-state index contributed by atoms with van der Waals surface area (Å²) in [5.41, 5.74) is 0. The lowest BCUT2D eigenvalue weighted by Gasteiger charge is -2.23. The van der Waals surface area contributed by atoms with E-state index in [4.69, 9.17) is 9.47 Å². The molecule has 0 fully saturated rings. The fraction of sp³-hybridized carbons (Fsp3) is 0.938. The van der Waals surface area contributed by atoms with Gasteiger partial charge >= 0.3 is 11.9 Å². The summed E-state index contributed by atoms with van der Waals surface area (Å²) in [4.78, 5) is 40.3. The summed E-state index contributed by atoms with van der Waals surface area (Å²) < 4.78 is 11.6. The maximum absolute atomic E-state index is 13.0. The highest BCUT2D eigenvalue weighted by Gasteiger charge is 2.16. The molecule has 0 heterocycles. The Labute approximate surface area is 350 Å². The molecule has 0 aromatic heterocycles. The molecular weight excluding hydrogens is 750 g/mol. The summed E-state index contributed by atoms with van der Waals surface area (Å²) in [7, 11) is 0.